The number of nitro benzene ring substituents is 1. The molecule has 6 heteroatoms. The van der Waals surface area contributed by atoms with Gasteiger partial charge in [0.05, 0.1) is 4.92 Å². The topological polar surface area (TPSA) is 91.0 Å². The van der Waals surface area contributed by atoms with E-state index in [1.807, 2.05) is 20.0 Å². The van der Waals surface area contributed by atoms with Crippen molar-refractivity contribution in [2.75, 3.05) is 18.9 Å². The molecular formula is C11H14N4O2. The number of hydrogen-bond donors (Lipinski definition) is 2. The zero-order valence-corrected chi connectivity index (χ0v) is 9.73. The van der Waals surface area contributed by atoms with Gasteiger partial charge >= 0.3 is 5.69 Å². The van der Waals surface area contributed by atoms with Gasteiger partial charge in [-0.1, -0.05) is 6.07 Å². The highest BCUT2D eigenvalue weighted by molar-refractivity contribution is 5.68. The average molecular weight is 234 g/mol. The van der Waals surface area contributed by atoms with E-state index in [1.54, 1.807) is 12.1 Å². The van der Waals surface area contributed by atoms with Crippen LogP contribution in [0, 0.1) is 21.4 Å². The van der Waals surface area contributed by atoms with E-state index in [0.717, 1.165) is 0 Å². The van der Waals surface area contributed by atoms with Crippen LogP contribution in [0.15, 0.2) is 18.2 Å². The fraction of sp³-hybridized carbons (Fsp3) is 0.364. The molecule has 1 aromatic rings. The molecule has 0 bridgehead atoms. The van der Waals surface area contributed by atoms with E-state index in [1.165, 1.54) is 6.07 Å². The summed E-state index contributed by atoms with van der Waals surface area (Å²) in [5.74, 6) is 0. The second-order valence-electron chi connectivity index (χ2n) is 3.64. The van der Waals surface area contributed by atoms with Crippen LogP contribution in [0.4, 0.5) is 11.4 Å². The van der Waals surface area contributed by atoms with E-state index < -0.39 is 4.92 Å². The van der Waals surface area contributed by atoms with Crippen molar-refractivity contribution in [1.29, 1.82) is 5.26 Å². The van der Waals surface area contributed by atoms with E-state index in [4.69, 9.17) is 5.26 Å². The first-order valence-corrected chi connectivity index (χ1v) is 5.18. The van der Waals surface area contributed by atoms with Crippen molar-refractivity contribution in [3.63, 3.8) is 0 Å². The summed E-state index contributed by atoms with van der Waals surface area (Å²) in [6.07, 6.45) is 0. The van der Waals surface area contributed by atoms with Gasteiger partial charge in [0.25, 0.3) is 0 Å². The normalized spacial score (nSPS) is 11.6. The Balaban J connectivity index is 2.99. The van der Waals surface area contributed by atoms with Gasteiger partial charge in [0, 0.05) is 12.6 Å². The molecule has 1 unspecified atom stereocenters. The maximum absolute atomic E-state index is 10.9. The maximum atomic E-state index is 10.9. The second kappa shape index (κ2) is 5.82. The summed E-state index contributed by atoms with van der Waals surface area (Å²) in [4.78, 5) is 10.4. The minimum atomic E-state index is -0.537. The van der Waals surface area contributed by atoms with Crippen molar-refractivity contribution in [3.8, 4) is 6.07 Å². The second-order valence-corrected chi connectivity index (χ2v) is 3.64. The number of rotatable bonds is 5. The molecule has 6 nitrogen and oxygen atoms in total. The molecule has 0 heterocycles. The first-order chi connectivity index (χ1) is 8.10. The van der Waals surface area contributed by atoms with Crippen molar-refractivity contribution in [2.45, 2.75) is 13.0 Å². The zero-order valence-electron chi connectivity index (χ0n) is 9.73. The standard InChI is InChI=1S/C11H14N4O2/c1-8(13-2)7-14-10-5-3-4-9(6-12)11(10)15(16)17/h3-5,8,13-14H,7H2,1-2H3. The van der Waals surface area contributed by atoms with Crippen LogP contribution in [0.3, 0.4) is 0 Å². The van der Waals surface area contributed by atoms with Crippen LogP contribution in [0.2, 0.25) is 0 Å². The maximum Gasteiger partial charge on any atom is 0.309 e. The van der Waals surface area contributed by atoms with E-state index in [-0.39, 0.29) is 17.3 Å². The molecule has 1 rings (SSSR count). The van der Waals surface area contributed by atoms with Gasteiger partial charge in [-0.05, 0) is 26.1 Å². The van der Waals surface area contributed by atoms with Gasteiger partial charge in [0.1, 0.15) is 17.3 Å². The summed E-state index contributed by atoms with van der Waals surface area (Å²) < 4.78 is 0. The van der Waals surface area contributed by atoms with Gasteiger partial charge in [-0.3, -0.25) is 10.1 Å². The molecule has 1 atom stereocenters. The third-order valence-corrected chi connectivity index (χ3v) is 2.43. The Labute approximate surface area is 99.4 Å². The Bertz CT molecular complexity index is 453. The molecule has 2 N–H and O–H groups in total. The van der Waals surface area contributed by atoms with Crippen molar-refractivity contribution in [1.82, 2.24) is 5.32 Å². The molecule has 0 fully saturated rings. The van der Waals surface area contributed by atoms with Gasteiger partial charge in [-0.25, -0.2) is 0 Å². The molecule has 0 aliphatic carbocycles. The van der Waals surface area contributed by atoms with Crippen molar-refractivity contribution < 1.29 is 4.92 Å². The van der Waals surface area contributed by atoms with Crippen molar-refractivity contribution >= 4 is 11.4 Å². The van der Waals surface area contributed by atoms with Gasteiger partial charge in [-0.2, -0.15) is 5.26 Å². The summed E-state index contributed by atoms with van der Waals surface area (Å²) in [6.45, 7) is 2.50. The minimum absolute atomic E-state index is 0.0668. The predicted octanol–water partition coefficient (Wildman–Crippen LogP) is 1.49. The molecule has 0 aromatic heterocycles. The zero-order chi connectivity index (χ0) is 12.8. The number of nitrogens with zero attached hydrogens (tertiary/aromatic N) is 2. The fourth-order valence-corrected chi connectivity index (χ4v) is 1.34. The third kappa shape index (κ3) is 3.16. The van der Waals surface area contributed by atoms with Gasteiger partial charge in [0.2, 0.25) is 0 Å². The van der Waals surface area contributed by atoms with Crippen LogP contribution in [-0.2, 0) is 0 Å². The van der Waals surface area contributed by atoms with Gasteiger partial charge in [-0.15, -0.1) is 0 Å². The molecule has 90 valence electrons. The summed E-state index contributed by atoms with van der Waals surface area (Å²) in [5, 5.41) is 25.7. The summed E-state index contributed by atoms with van der Waals surface area (Å²) in [5.41, 5.74) is 0.270. The summed E-state index contributed by atoms with van der Waals surface area (Å²) in [6, 6.07) is 6.66. The van der Waals surface area contributed by atoms with Crippen LogP contribution in [-0.4, -0.2) is 24.6 Å². The number of hydrogen-bond acceptors (Lipinski definition) is 5. The Kier molecular flexibility index (Phi) is 4.43. The molecular weight excluding hydrogens is 220 g/mol. The number of likely N-dealkylation sites (N-methyl/N-ethyl adjacent to an activating group) is 1. The van der Waals surface area contributed by atoms with Crippen molar-refractivity contribution in [3.05, 3.63) is 33.9 Å². The lowest BCUT2D eigenvalue weighted by molar-refractivity contribution is -0.384. The van der Waals surface area contributed by atoms with E-state index in [0.29, 0.717) is 12.2 Å². The van der Waals surface area contributed by atoms with E-state index in [2.05, 4.69) is 10.6 Å². The molecule has 17 heavy (non-hydrogen) atoms. The number of para-hydroxylation sites is 1. The number of nitro groups is 1. The molecule has 0 aliphatic rings. The fourth-order valence-electron chi connectivity index (χ4n) is 1.34. The Morgan fingerprint density at radius 1 is 1.59 bits per heavy atom. The quantitative estimate of drug-likeness (QED) is 0.595. The third-order valence-electron chi connectivity index (χ3n) is 2.43. The largest absolute Gasteiger partial charge is 0.378 e. The number of benzene rings is 1. The number of nitriles is 1. The highest BCUT2D eigenvalue weighted by Crippen LogP contribution is 2.27. The van der Waals surface area contributed by atoms with Gasteiger partial charge < -0.3 is 10.6 Å². The first-order valence-electron chi connectivity index (χ1n) is 5.18. The van der Waals surface area contributed by atoms with Crippen LogP contribution < -0.4 is 10.6 Å². The Morgan fingerprint density at radius 3 is 2.82 bits per heavy atom. The first kappa shape index (κ1) is 12.9. The van der Waals surface area contributed by atoms with Crippen LogP contribution in [0.25, 0.3) is 0 Å². The van der Waals surface area contributed by atoms with Crippen LogP contribution in [0.5, 0.6) is 0 Å². The molecule has 0 saturated heterocycles. The van der Waals surface area contributed by atoms with Gasteiger partial charge in [0.15, 0.2) is 0 Å². The average Bonchev–Trinajstić information content (AvgIpc) is 2.34. The summed E-state index contributed by atoms with van der Waals surface area (Å²) >= 11 is 0. The molecule has 1 aromatic carbocycles. The summed E-state index contributed by atoms with van der Waals surface area (Å²) in [7, 11) is 1.81. The smallest absolute Gasteiger partial charge is 0.309 e. The molecule has 0 saturated carbocycles. The van der Waals surface area contributed by atoms with E-state index in [9.17, 15) is 10.1 Å². The monoisotopic (exact) mass is 234 g/mol. The van der Waals surface area contributed by atoms with E-state index >= 15 is 0 Å². The SMILES string of the molecule is CNC(C)CNc1cccc(C#N)c1[N+](=O)[O-]. The highest BCUT2D eigenvalue weighted by Gasteiger charge is 2.19. The Morgan fingerprint density at radius 2 is 2.29 bits per heavy atom. The molecule has 0 spiro atoms. The number of nitrogens with one attached hydrogen (secondary N) is 2. The lowest BCUT2D eigenvalue weighted by Crippen LogP contribution is -2.29. The molecule has 0 aliphatic heterocycles. The number of anilines is 1. The highest BCUT2D eigenvalue weighted by atomic mass is 16.6. The Hall–Kier alpha value is -2.13. The molecule has 0 amide bonds. The minimum Gasteiger partial charge on any atom is -0.378 e. The van der Waals surface area contributed by atoms with Crippen molar-refractivity contribution in [2.24, 2.45) is 0 Å². The lowest BCUT2D eigenvalue weighted by atomic mass is 10.1. The molecule has 0 radical (unpaired) electrons. The lowest BCUT2D eigenvalue weighted by Gasteiger charge is -2.12. The van der Waals surface area contributed by atoms with Crippen LogP contribution in [0.1, 0.15) is 12.5 Å². The van der Waals surface area contributed by atoms with Crippen LogP contribution >= 0.6 is 0 Å². The predicted molar refractivity (Wildman–Crippen MR) is 64.8 cm³/mol.